The van der Waals surface area contributed by atoms with Gasteiger partial charge in [0.15, 0.2) is 5.82 Å². The molecule has 1 N–H and O–H groups in total. The van der Waals surface area contributed by atoms with E-state index in [1.807, 2.05) is 31.2 Å². The number of aromatic nitrogens is 5. The third kappa shape index (κ3) is 4.75. The van der Waals surface area contributed by atoms with Crippen LogP contribution < -0.4 is 10.1 Å². The fourth-order valence-corrected chi connectivity index (χ4v) is 3.02. The highest BCUT2D eigenvalue weighted by Gasteiger charge is 2.16. The van der Waals surface area contributed by atoms with E-state index in [0.717, 1.165) is 30.7 Å². The number of ether oxygens (including phenoxy) is 2. The van der Waals surface area contributed by atoms with Gasteiger partial charge in [0, 0.05) is 18.9 Å². The molecule has 29 heavy (non-hydrogen) atoms. The summed E-state index contributed by atoms with van der Waals surface area (Å²) in [6.45, 7) is 3.46. The van der Waals surface area contributed by atoms with Crippen molar-refractivity contribution < 1.29 is 14.3 Å². The second kappa shape index (κ2) is 8.78. The third-order valence-corrected chi connectivity index (χ3v) is 4.66. The maximum atomic E-state index is 12.4. The Bertz CT molecular complexity index is 949. The monoisotopic (exact) mass is 394 g/mol. The molecule has 0 saturated carbocycles. The van der Waals surface area contributed by atoms with Crippen molar-refractivity contribution in [2.24, 2.45) is 0 Å². The summed E-state index contributed by atoms with van der Waals surface area (Å²) in [6, 6.07) is 11.2. The van der Waals surface area contributed by atoms with Crippen LogP contribution in [0, 0.1) is 6.92 Å². The van der Waals surface area contributed by atoms with Crippen LogP contribution in [0.5, 0.6) is 5.88 Å². The predicted octanol–water partition coefficient (Wildman–Crippen LogP) is 1.85. The maximum absolute atomic E-state index is 12.4. The third-order valence-electron chi connectivity index (χ3n) is 4.66. The van der Waals surface area contributed by atoms with E-state index in [1.54, 1.807) is 16.8 Å². The summed E-state index contributed by atoms with van der Waals surface area (Å²) in [6.07, 6.45) is 3.68. The average molecular weight is 394 g/mol. The number of benzene rings is 1. The van der Waals surface area contributed by atoms with Crippen molar-refractivity contribution in [3.63, 3.8) is 0 Å². The second-order valence-corrected chi connectivity index (χ2v) is 6.86. The van der Waals surface area contributed by atoms with E-state index in [0.29, 0.717) is 23.9 Å². The lowest BCUT2D eigenvalue weighted by Gasteiger charge is -2.11. The summed E-state index contributed by atoms with van der Waals surface area (Å²) >= 11 is 0. The van der Waals surface area contributed by atoms with Gasteiger partial charge < -0.3 is 14.8 Å². The van der Waals surface area contributed by atoms with Crippen molar-refractivity contribution >= 4 is 5.91 Å². The number of hydrogen-bond acceptors (Lipinski definition) is 7. The molecule has 3 aromatic rings. The molecule has 0 spiro atoms. The van der Waals surface area contributed by atoms with E-state index in [2.05, 4.69) is 25.8 Å². The summed E-state index contributed by atoms with van der Waals surface area (Å²) in [5.41, 5.74) is 2.41. The van der Waals surface area contributed by atoms with E-state index in [1.165, 1.54) is 6.20 Å². The Hall–Kier alpha value is -3.33. The van der Waals surface area contributed by atoms with Crippen LogP contribution in [-0.2, 0) is 11.3 Å². The first kappa shape index (κ1) is 19.0. The molecule has 1 aliphatic rings. The molecular weight excluding hydrogens is 372 g/mol. The van der Waals surface area contributed by atoms with Gasteiger partial charge in [-0.1, -0.05) is 17.7 Å². The topological polar surface area (TPSA) is 104 Å². The van der Waals surface area contributed by atoms with E-state index in [9.17, 15) is 4.79 Å². The van der Waals surface area contributed by atoms with Crippen LogP contribution in [0.2, 0.25) is 0 Å². The Morgan fingerprint density at radius 3 is 2.86 bits per heavy atom. The lowest BCUT2D eigenvalue weighted by molar-refractivity contribution is 0.0663. The number of carbonyl (C=O) groups is 1. The van der Waals surface area contributed by atoms with Crippen LogP contribution in [0.1, 0.15) is 34.6 Å². The Balaban J connectivity index is 1.33. The van der Waals surface area contributed by atoms with Crippen LogP contribution in [0.4, 0.5) is 0 Å². The zero-order valence-electron chi connectivity index (χ0n) is 16.1. The minimum Gasteiger partial charge on any atom is -0.475 e. The van der Waals surface area contributed by atoms with Gasteiger partial charge in [0.05, 0.1) is 23.9 Å². The highest BCUT2D eigenvalue weighted by molar-refractivity contribution is 5.93. The van der Waals surface area contributed by atoms with Gasteiger partial charge in [-0.15, -0.1) is 5.10 Å². The molecule has 2 aromatic heterocycles. The van der Waals surface area contributed by atoms with Crippen molar-refractivity contribution in [2.75, 3.05) is 13.2 Å². The molecule has 150 valence electrons. The minimum absolute atomic E-state index is 0.124. The van der Waals surface area contributed by atoms with Crippen molar-refractivity contribution in [3.8, 4) is 11.6 Å². The van der Waals surface area contributed by atoms with Crippen LogP contribution in [0.3, 0.4) is 0 Å². The predicted molar refractivity (Wildman–Crippen MR) is 104 cm³/mol. The number of nitrogens with zero attached hydrogens (tertiary/aromatic N) is 5. The zero-order chi connectivity index (χ0) is 20.1. The summed E-state index contributed by atoms with van der Waals surface area (Å²) in [5.74, 6) is 0.744. The number of pyridine rings is 1. The average Bonchev–Trinajstić information content (AvgIpc) is 3.43. The molecule has 0 aliphatic carbocycles. The lowest BCUT2D eigenvalue weighted by atomic mass is 10.2. The molecular formula is C20H22N6O3. The largest absolute Gasteiger partial charge is 0.475 e. The highest BCUT2D eigenvalue weighted by atomic mass is 16.5. The quantitative estimate of drug-likeness (QED) is 0.652. The number of tetrazole rings is 1. The van der Waals surface area contributed by atoms with Gasteiger partial charge in [0.1, 0.15) is 6.61 Å². The Morgan fingerprint density at radius 2 is 2.14 bits per heavy atom. The molecule has 9 heteroatoms. The molecule has 4 rings (SSSR count). The number of hydrogen-bond donors (Lipinski definition) is 1. The van der Waals surface area contributed by atoms with E-state index >= 15 is 0 Å². The SMILES string of the molecule is Cc1ccc(-n2nnnc2CNC(=O)c2ccc(OC[C@H]3CCCO3)nc2)cc1. The molecule has 0 bridgehead atoms. The van der Waals surface area contributed by atoms with Gasteiger partial charge in [-0.05, 0) is 48.4 Å². The van der Waals surface area contributed by atoms with E-state index < -0.39 is 0 Å². The molecule has 1 aromatic carbocycles. The number of aryl methyl sites for hydroxylation is 1. The first-order valence-corrected chi connectivity index (χ1v) is 9.52. The number of nitrogens with one attached hydrogen (secondary N) is 1. The summed E-state index contributed by atoms with van der Waals surface area (Å²) in [4.78, 5) is 16.6. The Morgan fingerprint density at radius 1 is 1.28 bits per heavy atom. The molecule has 1 amide bonds. The first-order chi connectivity index (χ1) is 14.2. The lowest BCUT2D eigenvalue weighted by Crippen LogP contribution is -2.25. The van der Waals surface area contributed by atoms with Gasteiger partial charge in [0.25, 0.3) is 5.91 Å². The Kier molecular flexibility index (Phi) is 5.76. The molecule has 9 nitrogen and oxygen atoms in total. The fourth-order valence-electron chi connectivity index (χ4n) is 3.02. The van der Waals surface area contributed by atoms with E-state index in [4.69, 9.17) is 9.47 Å². The second-order valence-electron chi connectivity index (χ2n) is 6.86. The molecule has 1 fully saturated rings. The van der Waals surface area contributed by atoms with Crippen LogP contribution in [0.15, 0.2) is 42.6 Å². The van der Waals surface area contributed by atoms with Crippen molar-refractivity contribution in [1.82, 2.24) is 30.5 Å². The molecule has 3 heterocycles. The standard InChI is InChI=1S/C20H22N6O3/c1-14-4-7-16(8-5-14)26-18(23-24-25-26)12-22-20(27)15-6-9-19(21-11-15)29-13-17-3-2-10-28-17/h4-9,11,17H,2-3,10,12-13H2,1H3,(H,22,27)/t17-/m1/s1. The highest BCUT2D eigenvalue weighted by Crippen LogP contribution is 2.15. The van der Waals surface area contributed by atoms with Crippen molar-refractivity contribution in [3.05, 3.63) is 59.5 Å². The van der Waals surface area contributed by atoms with Crippen molar-refractivity contribution in [1.29, 1.82) is 0 Å². The van der Waals surface area contributed by atoms with Gasteiger partial charge in [-0.2, -0.15) is 4.68 Å². The van der Waals surface area contributed by atoms with Gasteiger partial charge in [0.2, 0.25) is 5.88 Å². The van der Waals surface area contributed by atoms with Gasteiger partial charge in [-0.3, -0.25) is 4.79 Å². The maximum Gasteiger partial charge on any atom is 0.253 e. The summed E-state index contributed by atoms with van der Waals surface area (Å²) in [5, 5.41) is 14.5. The number of amides is 1. The molecule has 1 aliphatic heterocycles. The molecule has 1 atom stereocenters. The summed E-state index contributed by atoms with van der Waals surface area (Å²) < 4.78 is 12.7. The number of rotatable bonds is 7. The van der Waals surface area contributed by atoms with E-state index in [-0.39, 0.29) is 18.6 Å². The van der Waals surface area contributed by atoms with Crippen molar-refractivity contribution in [2.45, 2.75) is 32.4 Å². The summed E-state index contributed by atoms with van der Waals surface area (Å²) in [7, 11) is 0. The van der Waals surface area contributed by atoms with Crippen LogP contribution in [0.25, 0.3) is 5.69 Å². The molecule has 0 radical (unpaired) electrons. The first-order valence-electron chi connectivity index (χ1n) is 9.52. The fraction of sp³-hybridized carbons (Fsp3) is 0.350. The smallest absolute Gasteiger partial charge is 0.253 e. The molecule has 1 saturated heterocycles. The van der Waals surface area contributed by atoms with Gasteiger partial charge in [-0.25, -0.2) is 4.98 Å². The van der Waals surface area contributed by atoms with Crippen LogP contribution in [-0.4, -0.2) is 50.4 Å². The normalized spacial score (nSPS) is 16.0. The Labute approximate surface area is 168 Å². The zero-order valence-corrected chi connectivity index (χ0v) is 16.1. The van der Waals surface area contributed by atoms with Gasteiger partial charge >= 0.3 is 0 Å². The molecule has 0 unspecified atom stereocenters. The minimum atomic E-state index is -0.262. The van der Waals surface area contributed by atoms with Crippen LogP contribution >= 0.6 is 0 Å². The number of carbonyl (C=O) groups excluding carboxylic acids is 1.